The molecule has 1 aliphatic rings. The van der Waals surface area contributed by atoms with E-state index >= 15 is 0 Å². The average Bonchev–Trinajstić information content (AvgIpc) is 2.63. The fourth-order valence-corrected chi connectivity index (χ4v) is 4.76. The summed E-state index contributed by atoms with van der Waals surface area (Å²) < 4.78 is 57.0. The number of nitrogens with one attached hydrogen (secondary N) is 1. The Morgan fingerprint density at radius 1 is 1.22 bits per heavy atom. The van der Waals surface area contributed by atoms with Gasteiger partial charge in [-0.05, 0) is 55.9 Å². The van der Waals surface area contributed by atoms with Gasteiger partial charge in [0.2, 0.25) is 0 Å². The van der Waals surface area contributed by atoms with Gasteiger partial charge >= 0.3 is 10.2 Å². The fraction of sp³-hybridized carbons (Fsp3) is 0.278. The van der Waals surface area contributed by atoms with Crippen molar-refractivity contribution in [2.24, 2.45) is 0 Å². The first-order chi connectivity index (χ1) is 12.9. The molecule has 1 aliphatic heterocycles. The minimum atomic E-state index is -4.20. The van der Waals surface area contributed by atoms with Gasteiger partial charge in [0, 0.05) is 13.1 Å². The third-order valence-electron chi connectivity index (χ3n) is 4.31. The molecule has 142 valence electrons. The average molecular weight is 392 g/mol. The van der Waals surface area contributed by atoms with Crippen LogP contribution in [-0.4, -0.2) is 32.9 Å². The maximum absolute atomic E-state index is 14.4. The van der Waals surface area contributed by atoms with E-state index in [4.69, 9.17) is 5.26 Å². The van der Waals surface area contributed by atoms with Crippen LogP contribution in [-0.2, 0) is 16.8 Å². The molecule has 9 heteroatoms. The zero-order valence-electron chi connectivity index (χ0n) is 14.6. The monoisotopic (exact) mass is 392 g/mol. The van der Waals surface area contributed by atoms with Gasteiger partial charge in [-0.15, -0.1) is 0 Å². The zero-order valence-corrected chi connectivity index (χ0v) is 15.4. The van der Waals surface area contributed by atoms with Crippen LogP contribution in [0, 0.1) is 23.0 Å². The van der Waals surface area contributed by atoms with Crippen LogP contribution in [0.1, 0.15) is 17.5 Å². The van der Waals surface area contributed by atoms with Crippen molar-refractivity contribution < 1.29 is 17.2 Å². The van der Waals surface area contributed by atoms with Crippen LogP contribution < -0.4 is 9.62 Å². The van der Waals surface area contributed by atoms with Crippen LogP contribution >= 0.6 is 0 Å². The Morgan fingerprint density at radius 2 is 1.93 bits per heavy atom. The van der Waals surface area contributed by atoms with Gasteiger partial charge < -0.3 is 5.32 Å². The summed E-state index contributed by atoms with van der Waals surface area (Å²) in [7, 11) is -2.45. The number of para-hydroxylation sites is 1. The lowest BCUT2D eigenvalue weighted by Gasteiger charge is -2.37. The van der Waals surface area contributed by atoms with Crippen LogP contribution in [0.3, 0.4) is 0 Å². The number of rotatable bonds is 5. The molecule has 1 N–H and O–H groups in total. The van der Waals surface area contributed by atoms with Gasteiger partial charge in [0.1, 0.15) is 5.69 Å². The van der Waals surface area contributed by atoms with Gasteiger partial charge in [-0.2, -0.15) is 18.0 Å². The molecule has 0 unspecified atom stereocenters. The minimum absolute atomic E-state index is 0.0312. The smallest absolute Gasteiger partial charge is 0.309 e. The number of hydrogen-bond donors (Lipinski definition) is 1. The number of hydrogen-bond acceptors (Lipinski definition) is 4. The summed E-state index contributed by atoms with van der Waals surface area (Å²) in [6.07, 6.45) is 0.524. The number of benzene rings is 2. The first kappa shape index (κ1) is 19.2. The summed E-state index contributed by atoms with van der Waals surface area (Å²) in [5.41, 5.74) is 0.345. The quantitative estimate of drug-likeness (QED) is 0.794. The highest BCUT2D eigenvalue weighted by Gasteiger charge is 2.40. The van der Waals surface area contributed by atoms with Crippen LogP contribution in [0.4, 0.5) is 20.2 Å². The first-order valence-electron chi connectivity index (χ1n) is 8.32. The van der Waals surface area contributed by atoms with Crippen LogP contribution in [0.15, 0.2) is 36.4 Å². The second-order valence-electron chi connectivity index (χ2n) is 6.09. The van der Waals surface area contributed by atoms with Gasteiger partial charge in [-0.25, -0.2) is 13.1 Å². The standard InChI is InChI=1S/C18H18F2N4O2S/c1-22-8-3-9-23-12-14-10-13(11-21)6-7-17(14)24(27(23,25)26)18-15(19)4-2-5-16(18)20/h2,4-7,10,22H,3,8-9,12H2,1H3. The summed E-state index contributed by atoms with van der Waals surface area (Å²) in [6.45, 7) is 0.792. The van der Waals surface area contributed by atoms with Gasteiger partial charge in [0.15, 0.2) is 11.6 Å². The van der Waals surface area contributed by atoms with E-state index in [1.807, 2.05) is 6.07 Å². The van der Waals surface area contributed by atoms with E-state index in [1.54, 1.807) is 13.1 Å². The Kier molecular flexibility index (Phi) is 5.41. The molecule has 0 saturated heterocycles. The van der Waals surface area contributed by atoms with E-state index in [0.29, 0.717) is 28.4 Å². The number of halogens is 2. The van der Waals surface area contributed by atoms with Crippen molar-refractivity contribution >= 4 is 21.6 Å². The van der Waals surface area contributed by atoms with Crippen molar-refractivity contribution in [3.63, 3.8) is 0 Å². The Hall–Kier alpha value is -2.54. The Balaban J connectivity index is 2.19. The molecule has 6 nitrogen and oxygen atoms in total. The lowest BCUT2D eigenvalue weighted by Crippen LogP contribution is -2.46. The van der Waals surface area contributed by atoms with Crippen molar-refractivity contribution in [1.82, 2.24) is 9.62 Å². The SMILES string of the molecule is CNCCCN1Cc2cc(C#N)ccc2N(c2c(F)cccc2F)S1(=O)=O. The molecule has 3 rings (SSSR count). The zero-order chi connectivity index (χ0) is 19.6. The molecule has 27 heavy (non-hydrogen) atoms. The molecule has 0 fully saturated rings. The number of nitrogens with zero attached hydrogens (tertiary/aromatic N) is 3. The molecule has 0 saturated carbocycles. The fourth-order valence-electron chi connectivity index (χ4n) is 3.04. The van der Waals surface area contributed by atoms with Crippen LogP contribution in [0.2, 0.25) is 0 Å². The second kappa shape index (κ2) is 7.60. The van der Waals surface area contributed by atoms with Gasteiger partial charge in [-0.3, -0.25) is 0 Å². The molecule has 2 aromatic rings. The minimum Gasteiger partial charge on any atom is -0.320 e. The van der Waals surface area contributed by atoms with Crippen molar-refractivity contribution in [2.45, 2.75) is 13.0 Å². The first-order valence-corrected chi connectivity index (χ1v) is 9.72. The molecule has 0 atom stereocenters. The van der Waals surface area contributed by atoms with Gasteiger partial charge in [0.25, 0.3) is 0 Å². The summed E-state index contributed by atoms with van der Waals surface area (Å²) in [5, 5.41) is 12.1. The second-order valence-corrected chi connectivity index (χ2v) is 7.87. The van der Waals surface area contributed by atoms with E-state index < -0.39 is 27.5 Å². The largest absolute Gasteiger partial charge is 0.320 e. The maximum Gasteiger partial charge on any atom is 0.309 e. The van der Waals surface area contributed by atoms with Crippen LogP contribution in [0.25, 0.3) is 0 Å². The third-order valence-corrected chi connectivity index (χ3v) is 6.11. The molecule has 0 aromatic heterocycles. The summed E-state index contributed by atoms with van der Waals surface area (Å²) in [4.78, 5) is 0. The van der Waals surface area contributed by atoms with E-state index in [1.165, 1.54) is 22.5 Å². The van der Waals surface area contributed by atoms with Crippen molar-refractivity contribution in [2.75, 3.05) is 24.4 Å². The Labute approximate surface area is 156 Å². The predicted molar refractivity (Wildman–Crippen MR) is 97.5 cm³/mol. The third kappa shape index (κ3) is 3.51. The molecular weight excluding hydrogens is 374 g/mol. The predicted octanol–water partition coefficient (Wildman–Crippen LogP) is 2.64. The summed E-state index contributed by atoms with van der Waals surface area (Å²) >= 11 is 0. The van der Waals surface area contributed by atoms with Crippen molar-refractivity contribution in [1.29, 1.82) is 5.26 Å². The molecule has 0 bridgehead atoms. The van der Waals surface area contributed by atoms with E-state index in [9.17, 15) is 17.2 Å². The topological polar surface area (TPSA) is 76.4 Å². The molecule has 2 aromatic carbocycles. The maximum atomic E-state index is 14.4. The molecule has 0 radical (unpaired) electrons. The van der Waals surface area contributed by atoms with E-state index in [2.05, 4.69) is 5.32 Å². The highest BCUT2D eigenvalue weighted by molar-refractivity contribution is 7.90. The van der Waals surface area contributed by atoms with Gasteiger partial charge in [0.05, 0.1) is 17.3 Å². The number of anilines is 2. The van der Waals surface area contributed by atoms with Gasteiger partial charge in [-0.1, -0.05) is 6.07 Å². The van der Waals surface area contributed by atoms with E-state index in [-0.39, 0.29) is 18.8 Å². The molecule has 0 amide bonds. The number of fused-ring (bicyclic) bond motifs is 1. The highest BCUT2D eigenvalue weighted by Crippen LogP contribution is 2.40. The van der Waals surface area contributed by atoms with E-state index in [0.717, 1.165) is 12.1 Å². The van der Waals surface area contributed by atoms with Crippen molar-refractivity contribution in [3.8, 4) is 6.07 Å². The summed E-state index contributed by atoms with van der Waals surface area (Å²) in [5.74, 6) is -1.96. The lowest BCUT2D eigenvalue weighted by atomic mass is 10.1. The molecule has 0 aliphatic carbocycles. The van der Waals surface area contributed by atoms with Crippen LogP contribution in [0.5, 0.6) is 0 Å². The summed E-state index contributed by atoms with van der Waals surface area (Å²) in [6, 6.07) is 9.57. The molecule has 1 heterocycles. The lowest BCUT2D eigenvalue weighted by molar-refractivity contribution is 0.391. The number of nitriles is 1. The van der Waals surface area contributed by atoms with Crippen molar-refractivity contribution in [3.05, 3.63) is 59.2 Å². The normalized spacial score (nSPS) is 16.0. The highest BCUT2D eigenvalue weighted by atomic mass is 32.2. The molecule has 0 spiro atoms. The Bertz CT molecular complexity index is 985. The Morgan fingerprint density at radius 3 is 2.56 bits per heavy atom. The molecular formula is C18H18F2N4O2S.